The standard InChI is InChI=1S/C31H31F9N4O2S/c1-43-9-7-27(29(33,34)17-43)42-22-5-2-4-19-20(16-30(35,36)37)26(47-28(19)22)6-3-8-41-23-14-21(32)24(44-10-12-45-13-11-44)15-25(23)46-18-31(38,39)40/h2,4-5,14-15,27,41-42H,7-13,16-18H2,1H3. The molecule has 0 radical (unpaired) electrons. The Morgan fingerprint density at radius 3 is 2.47 bits per heavy atom. The van der Waals surface area contributed by atoms with Crippen molar-refractivity contribution in [3.63, 3.8) is 0 Å². The molecule has 16 heteroatoms. The van der Waals surface area contributed by atoms with E-state index in [1.165, 1.54) is 23.1 Å². The van der Waals surface area contributed by atoms with Gasteiger partial charge < -0.3 is 29.9 Å². The zero-order chi connectivity index (χ0) is 34.0. The lowest BCUT2D eigenvalue weighted by molar-refractivity contribution is -0.153. The predicted molar refractivity (Wildman–Crippen MR) is 162 cm³/mol. The van der Waals surface area contributed by atoms with E-state index >= 15 is 4.39 Å². The molecular weight excluding hydrogens is 663 g/mol. The van der Waals surface area contributed by atoms with E-state index in [4.69, 9.17) is 9.47 Å². The minimum absolute atomic E-state index is 0.0339. The van der Waals surface area contributed by atoms with Gasteiger partial charge >= 0.3 is 12.4 Å². The van der Waals surface area contributed by atoms with E-state index in [2.05, 4.69) is 22.5 Å². The van der Waals surface area contributed by atoms with E-state index in [9.17, 15) is 35.1 Å². The number of hydrogen-bond donors (Lipinski definition) is 2. The summed E-state index contributed by atoms with van der Waals surface area (Å²) in [6.45, 7) is -0.707. The molecule has 0 spiro atoms. The molecule has 5 rings (SSSR count). The quantitative estimate of drug-likeness (QED) is 0.193. The van der Waals surface area contributed by atoms with Crippen LogP contribution in [-0.4, -0.2) is 88.8 Å². The summed E-state index contributed by atoms with van der Waals surface area (Å²) in [4.78, 5) is 3.17. The van der Waals surface area contributed by atoms with E-state index < -0.39 is 49.7 Å². The minimum atomic E-state index is -4.67. The van der Waals surface area contributed by atoms with Crippen LogP contribution in [-0.2, 0) is 11.2 Å². The molecule has 1 unspecified atom stereocenters. The van der Waals surface area contributed by atoms with Crippen LogP contribution in [0.3, 0.4) is 0 Å². The summed E-state index contributed by atoms with van der Waals surface area (Å²) in [6, 6.07) is 5.39. The third-order valence-electron chi connectivity index (χ3n) is 7.68. The molecule has 2 aliphatic rings. The number of thiophene rings is 1. The average Bonchev–Trinajstić information content (AvgIpc) is 3.32. The lowest BCUT2D eigenvalue weighted by Crippen LogP contribution is -2.53. The van der Waals surface area contributed by atoms with Crippen molar-refractivity contribution in [2.75, 3.05) is 75.1 Å². The smallest absolute Gasteiger partial charge is 0.422 e. The summed E-state index contributed by atoms with van der Waals surface area (Å²) in [5.74, 6) is 1.27. The maximum absolute atomic E-state index is 15.1. The number of piperidine rings is 1. The monoisotopic (exact) mass is 694 g/mol. The number of halogens is 9. The highest BCUT2D eigenvalue weighted by Crippen LogP contribution is 2.41. The van der Waals surface area contributed by atoms with Gasteiger partial charge in [-0.25, -0.2) is 13.2 Å². The second-order valence-electron chi connectivity index (χ2n) is 11.3. The summed E-state index contributed by atoms with van der Waals surface area (Å²) in [7, 11) is 1.58. The van der Waals surface area contributed by atoms with Gasteiger partial charge in [-0.05, 0) is 30.5 Å². The Balaban J connectivity index is 1.41. The largest absolute Gasteiger partial charge is 0.482 e. The van der Waals surface area contributed by atoms with E-state index in [0.717, 1.165) is 23.5 Å². The fourth-order valence-electron chi connectivity index (χ4n) is 5.51. The summed E-state index contributed by atoms with van der Waals surface area (Å²) < 4.78 is 135. The van der Waals surface area contributed by atoms with Gasteiger partial charge in [-0.2, -0.15) is 26.3 Å². The molecule has 3 heterocycles. The molecule has 0 bridgehead atoms. The first-order valence-corrected chi connectivity index (χ1v) is 15.4. The first kappa shape index (κ1) is 34.8. The number of hydrogen-bond acceptors (Lipinski definition) is 7. The molecule has 3 aromatic rings. The van der Waals surface area contributed by atoms with Crippen LogP contribution in [0.5, 0.6) is 5.75 Å². The molecule has 0 aliphatic carbocycles. The number of morpholine rings is 1. The fourth-order valence-corrected chi connectivity index (χ4v) is 6.68. The highest BCUT2D eigenvalue weighted by atomic mass is 32.1. The van der Waals surface area contributed by atoms with Gasteiger partial charge in [-0.1, -0.05) is 24.0 Å². The van der Waals surface area contributed by atoms with Crippen molar-refractivity contribution < 1.29 is 49.0 Å². The molecule has 2 aliphatic heterocycles. The summed E-state index contributed by atoms with van der Waals surface area (Å²) in [5.41, 5.74) is 0.0413. The SMILES string of the molecule is CN1CCC(Nc2cccc3c(CC(F)(F)F)c(C#CCNc4cc(F)c(N5CCOCC5)cc4OCC(F)(F)F)sc23)C(F)(F)C1. The number of fused-ring (bicyclic) bond motifs is 1. The Kier molecular flexibility index (Phi) is 10.3. The van der Waals surface area contributed by atoms with Crippen molar-refractivity contribution in [1.82, 2.24) is 4.90 Å². The second-order valence-corrected chi connectivity index (χ2v) is 12.3. The van der Waals surface area contributed by atoms with E-state index in [0.29, 0.717) is 37.5 Å². The van der Waals surface area contributed by atoms with Gasteiger partial charge in [0.15, 0.2) is 6.61 Å². The van der Waals surface area contributed by atoms with Crippen LogP contribution in [0.4, 0.5) is 56.6 Å². The number of nitrogens with zero attached hydrogens (tertiary/aromatic N) is 2. The van der Waals surface area contributed by atoms with Gasteiger partial charge in [-0.15, -0.1) is 11.3 Å². The average molecular weight is 695 g/mol. The van der Waals surface area contributed by atoms with Crippen LogP contribution >= 0.6 is 11.3 Å². The molecule has 1 aromatic heterocycles. The third kappa shape index (κ3) is 8.88. The normalized spacial score (nSPS) is 18.9. The number of nitrogens with one attached hydrogen (secondary N) is 2. The predicted octanol–water partition coefficient (Wildman–Crippen LogP) is 7.14. The first-order valence-electron chi connectivity index (χ1n) is 14.6. The van der Waals surface area contributed by atoms with E-state index in [1.807, 2.05) is 0 Å². The van der Waals surface area contributed by atoms with Gasteiger partial charge in [0.25, 0.3) is 5.92 Å². The number of anilines is 3. The molecule has 0 amide bonds. The molecule has 2 saturated heterocycles. The maximum atomic E-state index is 15.1. The molecule has 0 saturated carbocycles. The lowest BCUT2D eigenvalue weighted by atomic mass is 10.0. The zero-order valence-electron chi connectivity index (χ0n) is 25.1. The van der Waals surface area contributed by atoms with Gasteiger partial charge in [-0.3, -0.25) is 0 Å². The third-order valence-corrected chi connectivity index (χ3v) is 8.87. The van der Waals surface area contributed by atoms with Crippen molar-refractivity contribution in [2.45, 2.75) is 37.2 Å². The van der Waals surface area contributed by atoms with Crippen molar-refractivity contribution >= 4 is 38.5 Å². The van der Waals surface area contributed by atoms with Crippen LogP contribution in [0.1, 0.15) is 16.9 Å². The van der Waals surface area contributed by atoms with Crippen molar-refractivity contribution in [3.8, 4) is 17.6 Å². The number of likely N-dealkylation sites (tertiary alicyclic amines) is 1. The Morgan fingerprint density at radius 2 is 1.79 bits per heavy atom. The molecule has 1 atom stereocenters. The summed E-state index contributed by atoms with van der Waals surface area (Å²) in [5, 5.41) is 5.76. The number of alkyl halides is 8. The Bertz CT molecular complexity index is 1630. The first-order chi connectivity index (χ1) is 22.1. The van der Waals surface area contributed by atoms with Gasteiger partial charge in [0.2, 0.25) is 0 Å². The van der Waals surface area contributed by atoms with E-state index in [-0.39, 0.29) is 51.6 Å². The van der Waals surface area contributed by atoms with E-state index in [1.54, 1.807) is 11.9 Å². The fraction of sp³-hybridized carbons (Fsp3) is 0.484. The molecule has 6 nitrogen and oxygen atoms in total. The van der Waals surface area contributed by atoms with Crippen molar-refractivity contribution in [1.29, 1.82) is 0 Å². The minimum Gasteiger partial charge on any atom is -0.482 e. The Hall–Kier alpha value is -3.55. The lowest BCUT2D eigenvalue weighted by Gasteiger charge is -2.37. The van der Waals surface area contributed by atoms with Crippen LogP contribution in [0.25, 0.3) is 10.1 Å². The summed E-state index contributed by atoms with van der Waals surface area (Å²) >= 11 is 0.916. The number of rotatable bonds is 8. The topological polar surface area (TPSA) is 49.0 Å². The molecule has 256 valence electrons. The molecule has 2 aromatic carbocycles. The van der Waals surface area contributed by atoms with Gasteiger partial charge in [0, 0.05) is 31.8 Å². The Labute approximate surface area is 268 Å². The molecular formula is C31H31F9N4O2S. The maximum Gasteiger partial charge on any atom is 0.422 e. The zero-order valence-corrected chi connectivity index (χ0v) is 25.9. The van der Waals surface area contributed by atoms with Gasteiger partial charge in [0.1, 0.15) is 11.6 Å². The van der Waals surface area contributed by atoms with Crippen LogP contribution in [0.15, 0.2) is 30.3 Å². The van der Waals surface area contributed by atoms with Crippen molar-refractivity contribution in [2.24, 2.45) is 0 Å². The summed E-state index contributed by atoms with van der Waals surface area (Å²) in [6.07, 6.45) is -10.5. The van der Waals surface area contributed by atoms with Crippen LogP contribution in [0.2, 0.25) is 0 Å². The number of ether oxygens (including phenoxy) is 2. The molecule has 2 N–H and O–H groups in total. The molecule has 2 fully saturated rings. The molecule has 47 heavy (non-hydrogen) atoms. The second kappa shape index (κ2) is 13.9. The van der Waals surface area contributed by atoms with Crippen molar-refractivity contribution in [3.05, 3.63) is 46.6 Å². The Morgan fingerprint density at radius 1 is 1.04 bits per heavy atom. The highest BCUT2D eigenvalue weighted by Gasteiger charge is 2.44. The van der Waals surface area contributed by atoms with Gasteiger partial charge in [0.05, 0.1) is 65.4 Å². The van der Waals surface area contributed by atoms with Crippen LogP contribution < -0.4 is 20.3 Å². The highest BCUT2D eigenvalue weighted by molar-refractivity contribution is 7.20. The van der Waals surface area contributed by atoms with Crippen LogP contribution in [0, 0.1) is 17.7 Å². The number of benzene rings is 2.